The van der Waals surface area contributed by atoms with E-state index in [0.717, 1.165) is 12.8 Å². The summed E-state index contributed by atoms with van der Waals surface area (Å²) >= 11 is 0. The maximum Gasteiger partial charge on any atom is 0.342 e. The molecule has 0 fully saturated rings. The van der Waals surface area contributed by atoms with E-state index in [0.29, 0.717) is 42.4 Å². The molecule has 0 saturated heterocycles. The first-order chi connectivity index (χ1) is 17.8. The molecule has 2 atom stereocenters. The zero-order valence-electron chi connectivity index (χ0n) is 21.1. The van der Waals surface area contributed by atoms with Crippen molar-refractivity contribution in [2.45, 2.75) is 46.7 Å². The number of nitrogens with zero attached hydrogens (tertiary/aromatic N) is 4. The molecule has 12 nitrogen and oxygen atoms in total. The summed E-state index contributed by atoms with van der Waals surface area (Å²) in [5, 5.41) is 5.88. The molecule has 1 aromatic carbocycles. The molecular weight excluding hydrogens is 509 g/mol. The van der Waals surface area contributed by atoms with Crippen LogP contribution < -0.4 is 20.7 Å². The molecule has 0 radical (unpaired) electrons. The number of carbonyl (C=O) groups is 1. The number of nitrogens with one attached hydrogen (secondary N) is 2. The second-order valence-corrected chi connectivity index (χ2v) is 10.2. The maximum atomic E-state index is 13.7. The van der Waals surface area contributed by atoms with Gasteiger partial charge in [0.05, 0.1) is 19.5 Å². The van der Waals surface area contributed by atoms with Gasteiger partial charge >= 0.3 is 13.5 Å². The number of unbranched alkanes of at least 4 members (excludes halogenated alkanes) is 1. The van der Waals surface area contributed by atoms with Gasteiger partial charge in [0.15, 0.2) is 17.0 Å². The molecule has 3 aromatic rings. The third-order valence-electron chi connectivity index (χ3n) is 5.11. The Morgan fingerprint density at radius 1 is 1.26 bits per heavy atom. The van der Waals surface area contributed by atoms with Gasteiger partial charge in [-0.1, -0.05) is 45.0 Å². The summed E-state index contributed by atoms with van der Waals surface area (Å²) in [5.41, 5.74) is 6.96. The minimum atomic E-state index is -3.64. The number of anilines is 2. The smallest absolute Gasteiger partial charge is 0.342 e. The summed E-state index contributed by atoms with van der Waals surface area (Å²) < 4.78 is 32.2. The Balaban J connectivity index is 0.00000507. The van der Waals surface area contributed by atoms with Gasteiger partial charge in [-0.3, -0.25) is 9.36 Å². The van der Waals surface area contributed by atoms with Gasteiger partial charge in [0.1, 0.15) is 18.1 Å². The Morgan fingerprint density at radius 3 is 2.74 bits per heavy atom. The topological polar surface area (TPSA) is 156 Å². The number of carbonyl (C=O) groups excluding carboxylic acids is 1. The maximum absolute atomic E-state index is 13.7. The van der Waals surface area contributed by atoms with Gasteiger partial charge in [-0.05, 0) is 25.5 Å². The van der Waals surface area contributed by atoms with Gasteiger partial charge in [-0.25, -0.2) is 10.1 Å². The molecule has 13 heteroatoms. The normalized spacial score (nSPS) is 13.2. The van der Waals surface area contributed by atoms with Crippen molar-refractivity contribution in [3.05, 3.63) is 49.3 Å². The number of hydrogen-bond donors (Lipinski definition) is 3. The lowest BCUT2D eigenvalue weighted by Crippen LogP contribution is -2.35. The molecule has 0 aliphatic carbocycles. The molecule has 2 aromatic heterocycles. The summed E-state index contributed by atoms with van der Waals surface area (Å²) in [6, 6.07) is 7.85. The Bertz CT molecular complexity index is 1220. The van der Waals surface area contributed by atoms with Crippen LogP contribution >= 0.6 is 7.52 Å². The van der Waals surface area contributed by atoms with E-state index in [1.54, 1.807) is 48.2 Å². The molecule has 2 heterocycles. The summed E-state index contributed by atoms with van der Waals surface area (Å²) in [6.07, 6.45) is 4.68. The number of rotatable bonds is 16. The zero-order chi connectivity index (χ0) is 26.7. The Hall–Kier alpha value is -3.47. The lowest BCUT2D eigenvalue weighted by atomic mass is 10.3. The number of nitrogen functional groups attached to an aromatic ring is 1. The number of benzene rings is 1. The largest absolute Gasteiger partial charge is 0.465 e. The van der Waals surface area contributed by atoms with Crippen LogP contribution in [0.4, 0.5) is 11.8 Å². The van der Waals surface area contributed by atoms with Gasteiger partial charge in [0.25, 0.3) is 0 Å². The first-order valence-corrected chi connectivity index (χ1v) is 13.8. The first-order valence-electron chi connectivity index (χ1n) is 12.0. The van der Waals surface area contributed by atoms with Crippen molar-refractivity contribution in [2.75, 3.05) is 37.2 Å². The highest BCUT2D eigenvalue weighted by molar-refractivity contribution is 7.57. The number of fused-ring (bicyclic) bond motifs is 1. The minimum Gasteiger partial charge on any atom is -0.465 e. The number of imidazole rings is 1. The lowest BCUT2D eigenvalue weighted by molar-refractivity contribution is -0.145. The molecule has 0 saturated carbocycles. The lowest BCUT2D eigenvalue weighted by Gasteiger charge is -2.23. The molecule has 38 heavy (non-hydrogen) atoms. The van der Waals surface area contributed by atoms with Crippen LogP contribution in [-0.4, -0.2) is 57.6 Å². The predicted molar refractivity (Wildman–Crippen MR) is 149 cm³/mol. The SMILES string of the molecule is C.C=CCNc1nc(N)nc2c1ncn2CCOCP(=O)(NC(C)C(=O)OCCCC)Oc1ccccc1. The van der Waals surface area contributed by atoms with Gasteiger partial charge < -0.3 is 29.6 Å². The number of nitrogens with two attached hydrogens (primary N) is 1. The molecule has 0 spiro atoms. The molecule has 3 rings (SSSR count). The first kappa shape index (κ1) is 30.8. The molecule has 2 unspecified atom stereocenters. The van der Waals surface area contributed by atoms with Crippen LogP contribution in [0.5, 0.6) is 5.75 Å². The highest BCUT2D eigenvalue weighted by Gasteiger charge is 2.31. The van der Waals surface area contributed by atoms with Gasteiger partial charge in [-0.15, -0.1) is 6.58 Å². The average Bonchev–Trinajstić information content (AvgIpc) is 3.28. The summed E-state index contributed by atoms with van der Waals surface area (Å²) in [6.45, 7) is 8.59. The van der Waals surface area contributed by atoms with E-state index in [1.165, 1.54) is 0 Å². The third-order valence-corrected chi connectivity index (χ3v) is 6.92. The van der Waals surface area contributed by atoms with Crippen LogP contribution in [0, 0.1) is 0 Å². The Labute approximate surface area is 223 Å². The van der Waals surface area contributed by atoms with Crippen LogP contribution in [0.25, 0.3) is 11.2 Å². The van der Waals surface area contributed by atoms with Crippen LogP contribution in [0.3, 0.4) is 0 Å². The molecule has 208 valence electrons. The summed E-state index contributed by atoms with van der Waals surface area (Å²) in [4.78, 5) is 25.2. The second-order valence-electron chi connectivity index (χ2n) is 8.20. The average molecular weight is 548 g/mol. The monoisotopic (exact) mass is 547 g/mol. The van der Waals surface area contributed by atoms with Crippen molar-refractivity contribution < 1.29 is 23.4 Å². The van der Waals surface area contributed by atoms with E-state index in [4.69, 9.17) is 19.7 Å². The zero-order valence-corrected chi connectivity index (χ0v) is 22.0. The van der Waals surface area contributed by atoms with Crippen molar-refractivity contribution in [1.82, 2.24) is 24.6 Å². The number of ether oxygens (including phenoxy) is 2. The molecular formula is C25H38N7O5P. The molecule has 0 amide bonds. The summed E-state index contributed by atoms with van der Waals surface area (Å²) in [5.74, 6) is 0.493. The molecule has 4 N–H and O–H groups in total. The van der Waals surface area contributed by atoms with Crippen molar-refractivity contribution in [1.29, 1.82) is 0 Å². The highest BCUT2D eigenvalue weighted by Crippen LogP contribution is 2.43. The van der Waals surface area contributed by atoms with E-state index < -0.39 is 19.5 Å². The van der Waals surface area contributed by atoms with Crippen LogP contribution in [0.1, 0.15) is 34.1 Å². The fourth-order valence-electron chi connectivity index (χ4n) is 3.30. The van der Waals surface area contributed by atoms with Crippen molar-refractivity contribution in [3.63, 3.8) is 0 Å². The fourth-order valence-corrected chi connectivity index (χ4v) is 5.00. The number of para-hydroxylation sites is 1. The van der Waals surface area contributed by atoms with Gasteiger partial charge in [-0.2, -0.15) is 9.97 Å². The van der Waals surface area contributed by atoms with Crippen LogP contribution in [0.2, 0.25) is 0 Å². The van der Waals surface area contributed by atoms with E-state index in [1.807, 2.05) is 13.0 Å². The van der Waals surface area contributed by atoms with Crippen LogP contribution in [-0.2, 0) is 25.4 Å². The molecule has 0 aliphatic rings. The quantitative estimate of drug-likeness (QED) is 0.102. The van der Waals surface area contributed by atoms with Gasteiger partial charge in [0.2, 0.25) is 5.95 Å². The number of esters is 1. The third kappa shape index (κ3) is 8.83. The minimum absolute atomic E-state index is 0. The number of hydrogen-bond acceptors (Lipinski definition) is 10. The van der Waals surface area contributed by atoms with E-state index in [9.17, 15) is 9.36 Å². The van der Waals surface area contributed by atoms with Crippen molar-refractivity contribution >= 4 is 36.4 Å². The van der Waals surface area contributed by atoms with Crippen molar-refractivity contribution in [3.8, 4) is 5.75 Å². The van der Waals surface area contributed by atoms with Crippen LogP contribution in [0.15, 0.2) is 49.3 Å². The Morgan fingerprint density at radius 2 is 2.03 bits per heavy atom. The molecule has 0 aliphatic heterocycles. The fraction of sp³-hybridized carbons (Fsp3) is 0.440. The number of aromatic nitrogens is 4. The van der Waals surface area contributed by atoms with E-state index in [-0.39, 0.29) is 26.3 Å². The highest BCUT2D eigenvalue weighted by atomic mass is 31.2. The van der Waals surface area contributed by atoms with E-state index in [2.05, 4.69) is 31.9 Å². The second kappa shape index (κ2) is 15.1. The Kier molecular flexibility index (Phi) is 12.2. The standard InChI is InChI=1S/C24H34N7O5P.CH4/c1-4-6-14-35-23(32)18(3)30-37(33,36-19-10-8-7-9-11-19)17-34-15-13-31-16-27-20-21(26-12-5-2)28-24(25)29-22(20)31;/h5,7-11,16,18H,2,4,6,12-15,17H2,1,3H3,(H,30,33)(H3,25,26,28,29);1H4. The van der Waals surface area contributed by atoms with Gasteiger partial charge in [0, 0.05) is 13.1 Å². The van der Waals surface area contributed by atoms with E-state index >= 15 is 0 Å². The summed E-state index contributed by atoms with van der Waals surface area (Å²) in [7, 11) is -3.64. The van der Waals surface area contributed by atoms with Crippen molar-refractivity contribution in [2.24, 2.45) is 0 Å². The molecule has 0 bridgehead atoms. The predicted octanol–water partition coefficient (Wildman–Crippen LogP) is 4.21.